The number of ether oxygens (including phenoxy) is 1. The quantitative estimate of drug-likeness (QED) is 0.600. The van der Waals surface area contributed by atoms with Gasteiger partial charge in [0.05, 0.1) is 22.9 Å². The SMILES string of the molecule is COC(=O)c1c(C)sc2cc(C(=O)Nc3cc(N4CCCCC4)ccc3C)[nH]c12. The maximum atomic E-state index is 12.9. The zero-order valence-electron chi connectivity index (χ0n) is 16.9. The predicted octanol–water partition coefficient (Wildman–Crippen LogP) is 4.88. The Kier molecular flexibility index (Phi) is 5.32. The van der Waals surface area contributed by atoms with E-state index < -0.39 is 5.97 Å². The van der Waals surface area contributed by atoms with Gasteiger partial charge in [0.15, 0.2) is 0 Å². The molecule has 1 aliphatic heterocycles. The normalized spacial score (nSPS) is 14.2. The molecule has 1 aromatic carbocycles. The van der Waals surface area contributed by atoms with E-state index in [0.29, 0.717) is 16.8 Å². The van der Waals surface area contributed by atoms with Crippen molar-refractivity contribution in [3.05, 3.63) is 46.0 Å². The molecule has 0 saturated carbocycles. The number of methoxy groups -OCH3 is 1. The molecule has 0 radical (unpaired) electrons. The number of amides is 1. The van der Waals surface area contributed by atoms with Crippen molar-refractivity contribution in [2.45, 2.75) is 33.1 Å². The fraction of sp³-hybridized carbons (Fsp3) is 0.364. The van der Waals surface area contributed by atoms with Gasteiger partial charge >= 0.3 is 5.97 Å². The average Bonchev–Trinajstić information content (AvgIpc) is 3.26. The van der Waals surface area contributed by atoms with Crippen molar-refractivity contribution in [3.63, 3.8) is 0 Å². The Morgan fingerprint density at radius 3 is 2.62 bits per heavy atom. The number of fused-ring (bicyclic) bond motifs is 1. The fourth-order valence-corrected chi connectivity index (χ4v) is 4.90. The third kappa shape index (κ3) is 3.74. The van der Waals surface area contributed by atoms with Gasteiger partial charge in [-0.1, -0.05) is 6.07 Å². The van der Waals surface area contributed by atoms with Crippen LogP contribution in [0.2, 0.25) is 0 Å². The van der Waals surface area contributed by atoms with Crippen LogP contribution in [0.3, 0.4) is 0 Å². The Balaban J connectivity index is 1.59. The van der Waals surface area contributed by atoms with Crippen LogP contribution in [0.5, 0.6) is 0 Å². The van der Waals surface area contributed by atoms with Crippen molar-refractivity contribution < 1.29 is 14.3 Å². The minimum Gasteiger partial charge on any atom is -0.465 e. The third-order valence-electron chi connectivity index (χ3n) is 5.47. The second kappa shape index (κ2) is 7.91. The molecule has 1 amide bonds. The number of anilines is 2. The summed E-state index contributed by atoms with van der Waals surface area (Å²) in [5, 5.41) is 3.03. The standard InChI is InChI=1S/C22H25N3O3S/c1-13-7-8-15(25-9-5-4-6-10-25)11-16(13)24-21(26)17-12-18-20(23-17)19(14(2)29-18)22(27)28-3/h7-8,11-12,23H,4-6,9-10H2,1-3H3,(H,24,26). The van der Waals surface area contributed by atoms with E-state index in [4.69, 9.17) is 4.74 Å². The monoisotopic (exact) mass is 411 g/mol. The summed E-state index contributed by atoms with van der Waals surface area (Å²) in [4.78, 5) is 31.3. The number of thiophene rings is 1. The smallest absolute Gasteiger partial charge is 0.341 e. The molecule has 3 aromatic rings. The van der Waals surface area contributed by atoms with Crippen LogP contribution in [-0.2, 0) is 4.74 Å². The zero-order chi connectivity index (χ0) is 20.5. The van der Waals surface area contributed by atoms with E-state index in [9.17, 15) is 9.59 Å². The molecule has 2 N–H and O–H groups in total. The summed E-state index contributed by atoms with van der Waals surface area (Å²) in [6, 6.07) is 8.00. The number of benzene rings is 1. The van der Waals surface area contributed by atoms with Gasteiger partial charge in [0.1, 0.15) is 5.69 Å². The number of hydrogen-bond donors (Lipinski definition) is 2. The van der Waals surface area contributed by atoms with Crippen molar-refractivity contribution in [1.29, 1.82) is 0 Å². The number of aromatic nitrogens is 1. The minimum atomic E-state index is -0.396. The van der Waals surface area contributed by atoms with Gasteiger partial charge in [0, 0.05) is 29.3 Å². The highest BCUT2D eigenvalue weighted by Crippen LogP contribution is 2.32. The maximum absolute atomic E-state index is 12.9. The molecule has 0 aliphatic carbocycles. The van der Waals surface area contributed by atoms with Crippen LogP contribution in [0.4, 0.5) is 11.4 Å². The Morgan fingerprint density at radius 2 is 1.90 bits per heavy atom. The van der Waals surface area contributed by atoms with E-state index in [1.807, 2.05) is 26.0 Å². The summed E-state index contributed by atoms with van der Waals surface area (Å²) in [7, 11) is 1.36. The van der Waals surface area contributed by atoms with Crippen molar-refractivity contribution in [2.75, 3.05) is 30.4 Å². The molecule has 0 spiro atoms. The number of nitrogens with one attached hydrogen (secondary N) is 2. The molecule has 29 heavy (non-hydrogen) atoms. The van der Waals surface area contributed by atoms with Crippen LogP contribution in [-0.4, -0.2) is 37.1 Å². The highest BCUT2D eigenvalue weighted by atomic mass is 32.1. The van der Waals surface area contributed by atoms with Gasteiger partial charge in [0.2, 0.25) is 0 Å². The average molecular weight is 412 g/mol. The molecule has 0 unspecified atom stereocenters. The predicted molar refractivity (Wildman–Crippen MR) is 117 cm³/mol. The molecule has 0 bridgehead atoms. The van der Waals surface area contributed by atoms with Gasteiger partial charge in [-0.2, -0.15) is 0 Å². The third-order valence-corrected chi connectivity index (χ3v) is 6.52. The first kappa shape index (κ1) is 19.5. The fourth-order valence-electron chi connectivity index (χ4n) is 3.85. The topological polar surface area (TPSA) is 74.4 Å². The molecular weight excluding hydrogens is 386 g/mol. The Bertz CT molecular complexity index is 1080. The van der Waals surface area contributed by atoms with Crippen LogP contribution in [0.1, 0.15) is 50.5 Å². The summed E-state index contributed by atoms with van der Waals surface area (Å²) in [6.45, 7) is 5.97. The Morgan fingerprint density at radius 1 is 1.14 bits per heavy atom. The highest BCUT2D eigenvalue weighted by Gasteiger charge is 2.21. The molecule has 1 saturated heterocycles. The molecule has 3 heterocycles. The van der Waals surface area contributed by atoms with Gasteiger partial charge in [-0.25, -0.2) is 4.79 Å². The van der Waals surface area contributed by atoms with Crippen molar-refractivity contribution in [3.8, 4) is 0 Å². The van der Waals surface area contributed by atoms with Crippen LogP contribution in [0.25, 0.3) is 10.2 Å². The van der Waals surface area contributed by atoms with Crippen LogP contribution in [0, 0.1) is 13.8 Å². The summed E-state index contributed by atoms with van der Waals surface area (Å²) in [5.41, 5.74) is 4.54. The first-order valence-corrected chi connectivity index (χ1v) is 10.7. The minimum absolute atomic E-state index is 0.222. The lowest BCUT2D eigenvalue weighted by molar-refractivity contribution is 0.0602. The van der Waals surface area contributed by atoms with Crippen LogP contribution in [0.15, 0.2) is 24.3 Å². The molecule has 1 aliphatic rings. The summed E-state index contributed by atoms with van der Waals surface area (Å²) >= 11 is 1.47. The summed E-state index contributed by atoms with van der Waals surface area (Å²) < 4.78 is 5.75. The molecule has 4 rings (SSSR count). The van der Waals surface area contributed by atoms with Gasteiger partial charge < -0.3 is 19.9 Å². The molecule has 6 nitrogen and oxygen atoms in total. The number of piperidine rings is 1. The first-order valence-electron chi connectivity index (χ1n) is 9.85. The van der Waals surface area contributed by atoms with Crippen molar-refractivity contribution in [1.82, 2.24) is 4.98 Å². The molecule has 7 heteroatoms. The molecule has 1 fully saturated rings. The number of H-pyrrole nitrogens is 1. The molecule has 2 aromatic heterocycles. The lowest BCUT2D eigenvalue weighted by Gasteiger charge is -2.29. The van der Waals surface area contributed by atoms with Gasteiger partial charge in [-0.15, -0.1) is 11.3 Å². The lowest BCUT2D eigenvalue weighted by Crippen LogP contribution is -2.29. The van der Waals surface area contributed by atoms with E-state index in [2.05, 4.69) is 21.3 Å². The maximum Gasteiger partial charge on any atom is 0.341 e. The van der Waals surface area contributed by atoms with Crippen molar-refractivity contribution >= 4 is 44.8 Å². The molecule has 0 atom stereocenters. The highest BCUT2D eigenvalue weighted by molar-refractivity contribution is 7.19. The first-order chi connectivity index (χ1) is 14.0. The number of aryl methyl sites for hydroxylation is 2. The van der Waals surface area contributed by atoms with E-state index >= 15 is 0 Å². The zero-order valence-corrected chi connectivity index (χ0v) is 17.7. The van der Waals surface area contributed by atoms with Gasteiger partial charge in [-0.05, 0) is 56.9 Å². The largest absolute Gasteiger partial charge is 0.465 e. The van der Waals surface area contributed by atoms with Crippen LogP contribution < -0.4 is 10.2 Å². The number of esters is 1. The Labute approximate surface area is 173 Å². The Hall–Kier alpha value is -2.80. The van der Waals surface area contributed by atoms with Crippen molar-refractivity contribution in [2.24, 2.45) is 0 Å². The van der Waals surface area contributed by atoms with Gasteiger partial charge in [-0.3, -0.25) is 4.79 Å². The number of rotatable bonds is 4. The number of nitrogens with zero attached hydrogens (tertiary/aromatic N) is 1. The van der Waals surface area contributed by atoms with E-state index in [-0.39, 0.29) is 5.91 Å². The lowest BCUT2D eigenvalue weighted by atomic mass is 10.1. The number of carbonyl (C=O) groups is 2. The van der Waals surface area contributed by atoms with Crippen LogP contribution >= 0.6 is 11.3 Å². The van der Waals surface area contributed by atoms with E-state index in [1.54, 1.807) is 6.07 Å². The number of aromatic amines is 1. The summed E-state index contributed by atoms with van der Waals surface area (Å²) in [6.07, 6.45) is 3.69. The second-order valence-corrected chi connectivity index (χ2v) is 8.70. The molecule has 152 valence electrons. The van der Waals surface area contributed by atoms with E-state index in [0.717, 1.165) is 39.6 Å². The van der Waals surface area contributed by atoms with E-state index in [1.165, 1.54) is 37.7 Å². The summed E-state index contributed by atoms with van der Waals surface area (Å²) in [5.74, 6) is -0.617. The molecular formula is C22H25N3O3S. The number of carbonyl (C=O) groups excluding carboxylic acids is 2. The second-order valence-electron chi connectivity index (χ2n) is 7.45. The van der Waals surface area contributed by atoms with Gasteiger partial charge in [0.25, 0.3) is 5.91 Å². The number of hydrogen-bond acceptors (Lipinski definition) is 5.